The van der Waals surface area contributed by atoms with Crippen LogP contribution >= 0.6 is 0 Å². The fraction of sp³-hybridized carbons (Fsp3) is 0.535. The van der Waals surface area contributed by atoms with Crippen molar-refractivity contribution < 1.29 is 135 Å². The van der Waals surface area contributed by atoms with Gasteiger partial charge in [-0.05, 0) is 100.0 Å². The Morgan fingerprint density at radius 1 is 0.469 bits per heavy atom. The molecule has 0 fully saturated rings. The number of alkyl halides is 3. The number of hydrogen-bond donors (Lipinski definition) is 20. The number of carbonyl (C=O) groups is 19. The van der Waals surface area contributed by atoms with Gasteiger partial charge in [0.15, 0.2) is 0 Å². The Bertz CT molecular complexity index is 3740. The molecule has 2 aromatic carbocycles. The molecule has 0 heterocycles. The summed E-state index contributed by atoms with van der Waals surface area (Å²) in [7, 11) is 0. The second kappa shape index (κ2) is 48.5. The summed E-state index contributed by atoms with van der Waals surface area (Å²) in [4.78, 5) is 248. The molecule has 113 heavy (non-hydrogen) atoms. The van der Waals surface area contributed by atoms with E-state index in [1.54, 1.807) is 37.3 Å². The van der Waals surface area contributed by atoms with E-state index in [4.69, 9.17) is 10.8 Å². The van der Waals surface area contributed by atoms with Gasteiger partial charge in [0, 0.05) is 51.6 Å². The number of aliphatic carboxylic acids is 5. The van der Waals surface area contributed by atoms with Crippen molar-refractivity contribution in [1.82, 2.24) is 69.1 Å². The summed E-state index contributed by atoms with van der Waals surface area (Å²) in [5.41, 5.74) is 4.87. The van der Waals surface area contributed by atoms with Gasteiger partial charge in [0.1, 0.15) is 66.5 Å². The summed E-state index contributed by atoms with van der Waals surface area (Å²) in [5, 5.41) is 88.2. The van der Waals surface area contributed by atoms with Gasteiger partial charge in [-0.15, -0.1) is 0 Å². The number of carboxylic acid groups (broad SMARTS) is 5. The molecule has 13 atom stereocenters. The molecule has 0 aliphatic heterocycles. The van der Waals surface area contributed by atoms with E-state index in [0.29, 0.717) is 5.56 Å². The molecule has 14 amide bonds. The number of aliphatic hydroxyl groups is 1. The van der Waals surface area contributed by atoms with Crippen LogP contribution in [0.4, 0.5) is 13.2 Å². The molecule has 2 rings (SSSR count). The van der Waals surface area contributed by atoms with Gasteiger partial charge in [-0.2, -0.15) is 13.2 Å². The molecule has 0 saturated heterocycles. The molecule has 0 spiro atoms. The quantitative estimate of drug-likeness (QED) is 0.0236. The van der Waals surface area contributed by atoms with Gasteiger partial charge in [0.25, 0.3) is 0 Å². The Hall–Kier alpha value is -12.1. The number of rotatable bonds is 51. The molecule has 0 saturated carbocycles. The minimum Gasteiger partial charge on any atom is -0.481 e. The molecule has 0 bridgehead atoms. The lowest BCUT2D eigenvalue weighted by Crippen LogP contribution is -2.61. The first-order chi connectivity index (χ1) is 52.8. The summed E-state index contributed by atoms with van der Waals surface area (Å²) < 4.78 is 39.6. The smallest absolute Gasteiger partial charge is 0.416 e. The van der Waals surface area contributed by atoms with Crippen LogP contribution in [0.2, 0.25) is 0 Å². The SMILES string of the molecule is CC[C@H](C)[C@H](NC(=O)[C@@H](NC(=O)[C@H](C)NC(=O)[C@H](CCCCNC(=O)/C=C/c1cccc(C(F)(F)F)c1)NC(=O)[C@H](CC(=O)O)NC(C)=O)[C@@H](C)O)C(=O)NCC(=O)N[C@@H](Cc1ccccc1)C(=O)N[C@@H](CCC(=O)O)C(=O)N[C@H](C(=O)N[C@@H](CCC(N)=O)C(=O)N[C@@H](CCC(=O)O)C(=O)N[C@@H](CCC(=O)O)C(=O)O)C(C)C. The van der Waals surface area contributed by atoms with Crippen LogP contribution in [-0.4, -0.2) is 229 Å². The maximum absolute atomic E-state index is 14.4. The summed E-state index contributed by atoms with van der Waals surface area (Å²) in [6, 6.07) is -6.90. The van der Waals surface area contributed by atoms with Crippen LogP contribution in [0.25, 0.3) is 6.08 Å². The lowest BCUT2D eigenvalue weighted by atomic mass is 9.97. The predicted octanol–water partition coefficient (Wildman–Crippen LogP) is -2.76. The average Bonchev–Trinajstić information content (AvgIpc) is 0.837. The van der Waals surface area contributed by atoms with E-state index in [0.717, 1.165) is 51.1 Å². The number of benzene rings is 2. The zero-order valence-electron chi connectivity index (χ0n) is 62.9. The van der Waals surface area contributed by atoms with E-state index in [-0.39, 0.29) is 44.2 Å². The molecular formula is C71H99F3N14O25. The van der Waals surface area contributed by atoms with Gasteiger partial charge in [-0.3, -0.25) is 86.3 Å². The minimum absolute atomic E-state index is 0.0309. The van der Waals surface area contributed by atoms with Crippen molar-refractivity contribution in [3.63, 3.8) is 0 Å². The maximum atomic E-state index is 14.4. The number of carboxylic acids is 5. The van der Waals surface area contributed by atoms with Crippen molar-refractivity contribution >= 4 is 119 Å². The van der Waals surface area contributed by atoms with Crippen LogP contribution in [-0.2, 0) is 104 Å². The van der Waals surface area contributed by atoms with Crippen LogP contribution < -0.4 is 74.9 Å². The Labute approximate surface area is 645 Å². The van der Waals surface area contributed by atoms with Gasteiger partial charge < -0.3 is 105 Å². The highest BCUT2D eigenvalue weighted by Gasteiger charge is 2.39. The van der Waals surface area contributed by atoms with Crippen molar-refractivity contribution in [1.29, 1.82) is 0 Å². The van der Waals surface area contributed by atoms with Gasteiger partial charge in [0.05, 0.1) is 24.6 Å². The fourth-order valence-corrected chi connectivity index (χ4v) is 10.5. The van der Waals surface area contributed by atoms with Crippen molar-refractivity contribution in [3.05, 3.63) is 77.4 Å². The lowest BCUT2D eigenvalue weighted by molar-refractivity contribution is -0.144. The minimum atomic E-state index is -4.63. The van der Waals surface area contributed by atoms with E-state index < -0.39 is 273 Å². The maximum Gasteiger partial charge on any atom is 0.416 e. The summed E-state index contributed by atoms with van der Waals surface area (Å²) >= 11 is 0. The van der Waals surface area contributed by atoms with E-state index in [1.807, 2.05) is 5.32 Å². The second-order valence-electron chi connectivity index (χ2n) is 26.6. The highest BCUT2D eigenvalue weighted by atomic mass is 19.4. The molecule has 0 unspecified atom stereocenters. The third-order valence-electron chi connectivity index (χ3n) is 16.9. The Morgan fingerprint density at radius 2 is 0.938 bits per heavy atom. The third kappa shape index (κ3) is 37.4. The number of nitrogens with one attached hydrogen (secondary N) is 13. The van der Waals surface area contributed by atoms with Gasteiger partial charge in [-0.1, -0.05) is 76.6 Å². The number of hydrogen-bond acceptors (Lipinski definition) is 20. The first kappa shape index (κ1) is 96.9. The number of primary amides is 1. The number of amides is 14. The normalized spacial score (nSPS) is 14.7. The number of carbonyl (C=O) groups excluding carboxylic acids is 14. The van der Waals surface area contributed by atoms with Gasteiger partial charge >= 0.3 is 36.0 Å². The summed E-state index contributed by atoms with van der Waals surface area (Å²) in [6.07, 6.45) is -10.9. The van der Waals surface area contributed by atoms with E-state index in [1.165, 1.54) is 26.8 Å². The molecule has 39 nitrogen and oxygen atoms in total. The lowest BCUT2D eigenvalue weighted by Gasteiger charge is -2.29. The highest BCUT2D eigenvalue weighted by molar-refractivity contribution is 6.00. The first-order valence-corrected chi connectivity index (χ1v) is 35.6. The topological polar surface area (TPSA) is 628 Å². The van der Waals surface area contributed by atoms with Crippen LogP contribution in [0.3, 0.4) is 0 Å². The average molecular weight is 1610 g/mol. The Balaban J connectivity index is 2.37. The van der Waals surface area contributed by atoms with Crippen molar-refractivity contribution in [2.75, 3.05) is 13.1 Å². The van der Waals surface area contributed by atoms with Crippen molar-refractivity contribution in [3.8, 4) is 0 Å². The molecule has 0 aliphatic carbocycles. The van der Waals surface area contributed by atoms with E-state index in [2.05, 4.69) is 63.8 Å². The van der Waals surface area contributed by atoms with Gasteiger partial charge in [0.2, 0.25) is 82.7 Å². The summed E-state index contributed by atoms with van der Waals surface area (Å²) in [5.74, 6) is -24.4. The third-order valence-corrected chi connectivity index (χ3v) is 16.9. The van der Waals surface area contributed by atoms with Gasteiger partial charge in [-0.25, -0.2) is 4.79 Å². The standard InChI is InChI=1S/C71H99F3N14O25/c1-8-36(4)58(87-69(111)59(38(6)89)88-60(102)37(5)78-61(103)43(81-66(108)49(33-56(100)101)79-39(7)90)19-12-13-30-76-51(92)26-20-41-17-14-18-42(31-41)71(72,73)74)67(109)77-34-52(93)80-48(32-40-15-10-9-11-16-40)65(107)83-46(23-28-54(96)97)64(106)86-57(35(2)3)68(110)84-44(21-25-50(75)91)62(104)82-45(22-27-53(94)95)63(105)85-47(70(112)113)24-29-55(98)99/h9-11,14-18,20,26,31,35-38,43-49,57-59,89H,8,12-13,19,21-25,27-30,32-34H2,1-7H3,(H2,75,91)(H,76,92)(H,77,109)(H,78,103)(H,79,90)(H,80,93)(H,81,108)(H,82,104)(H,83,107)(H,84,110)(H,85,105)(H,86,106)(H,87,111)(H,88,102)(H,94,95)(H,96,97)(H,98,99)(H,100,101)(H,112,113)/b26-20+/t36-,37-,38+,43-,44-,45-,46-,47-,48-,49-,57-,58-,59-/m0/s1. The largest absolute Gasteiger partial charge is 0.481 e. The molecule has 2 aromatic rings. The number of unbranched alkanes of at least 4 members (excludes halogenated alkanes) is 1. The zero-order chi connectivity index (χ0) is 85.6. The second-order valence-corrected chi connectivity index (χ2v) is 26.6. The molecule has 0 aromatic heterocycles. The van der Waals surface area contributed by atoms with E-state index in [9.17, 15) is 130 Å². The van der Waals surface area contributed by atoms with Crippen molar-refractivity contribution in [2.24, 2.45) is 17.6 Å². The number of nitrogens with two attached hydrogens (primary N) is 1. The first-order valence-electron chi connectivity index (χ1n) is 35.6. The molecule has 624 valence electrons. The predicted molar refractivity (Wildman–Crippen MR) is 388 cm³/mol. The van der Waals surface area contributed by atoms with Crippen LogP contribution in [0.1, 0.15) is 149 Å². The van der Waals surface area contributed by atoms with Crippen LogP contribution in [0, 0.1) is 11.8 Å². The fourth-order valence-electron chi connectivity index (χ4n) is 10.5. The van der Waals surface area contributed by atoms with Crippen molar-refractivity contribution in [2.45, 2.75) is 217 Å². The monoisotopic (exact) mass is 1600 g/mol. The zero-order valence-corrected chi connectivity index (χ0v) is 62.9. The van der Waals surface area contributed by atoms with E-state index >= 15 is 0 Å². The number of aliphatic hydroxyl groups excluding tert-OH is 1. The number of halogens is 3. The Morgan fingerprint density at radius 3 is 1.43 bits per heavy atom. The highest BCUT2D eigenvalue weighted by Crippen LogP contribution is 2.30. The summed E-state index contributed by atoms with van der Waals surface area (Å²) in [6.45, 7) is 8.16. The molecule has 42 heteroatoms. The molecular weight excluding hydrogens is 1510 g/mol. The molecule has 0 radical (unpaired) electrons. The van der Waals surface area contributed by atoms with Crippen LogP contribution in [0.5, 0.6) is 0 Å². The molecule has 0 aliphatic rings. The van der Waals surface area contributed by atoms with Crippen LogP contribution in [0.15, 0.2) is 60.7 Å². The molecule has 21 N–H and O–H groups in total. The Kier molecular flexibility index (Phi) is 41.6.